The van der Waals surface area contributed by atoms with Crippen molar-refractivity contribution in [1.29, 1.82) is 0 Å². The number of allylic oxidation sites excluding steroid dienone is 9. The van der Waals surface area contributed by atoms with Crippen LogP contribution in [0.2, 0.25) is 0 Å². The van der Waals surface area contributed by atoms with Crippen molar-refractivity contribution in [1.82, 2.24) is 5.32 Å². The fraction of sp³-hybridized carbons (Fsp3) is 0.756. The largest absolute Gasteiger partial charge is 0.394 e. The van der Waals surface area contributed by atoms with Crippen molar-refractivity contribution in [2.24, 2.45) is 0 Å². The minimum absolute atomic E-state index is 0.0808. The highest BCUT2D eigenvalue weighted by molar-refractivity contribution is 5.76. The summed E-state index contributed by atoms with van der Waals surface area (Å²) in [5.74, 6) is -0.0808. The van der Waals surface area contributed by atoms with Crippen LogP contribution in [0.3, 0.4) is 0 Å². The summed E-state index contributed by atoms with van der Waals surface area (Å²) < 4.78 is 0. The molecule has 1 amide bonds. The van der Waals surface area contributed by atoms with Gasteiger partial charge >= 0.3 is 0 Å². The van der Waals surface area contributed by atoms with Gasteiger partial charge in [0.2, 0.25) is 5.91 Å². The lowest BCUT2D eigenvalue weighted by atomic mass is 10.0. The smallest absolute Gasteiger partial charge is 0.220 e. The molecule has 284 valence electrons. The summed E-state index contributed by atoms with van der Waals surface area (Å²) in [6, 6.07) is -0.646. The third-order valence-corrected chi connectivity index (χ3v) is 9.21. The first-order valence-electron chi connectivity index (χ1n) is 21.0. The Bertz CT molecular complexity index is 827. The zero-order valence-corrected chi connectivity index (χ0v) is 32.4. The van der Waals surface area contributed by atoms with Crippen molar-refractivity contribution < 1.29 is 15.0 Å². The number of nitrogens with one attached hydrogen (secondary N) is 1. The molecule has 0 aliphatic carbocycles. The predicted octanol–water partition coefficient (Wildman–Crippen LogP) is 13.0. The molecule has 4 nitrogen and oxygen atoms in total. The second kappa shape index (κ2) is 40.5. The minimum Gasteiger partial charge on any atom is -0.394 e. The van der Waals surface area contributed by atoms with Crippen LogP contribution in [0.25, 0.3) is 0 Å². The van der Waals surface area contributed by atoms with E-state index in [4.69, 9.17) is 0 Å². The monoisotopic (exact) mass is 684 g/mol. The highest BCUT2D eigenvalue weighted by atomic mass is 16.3. The highest BCUT2D eigenvalue weighted by Gasteiger charge is 2.17. The molecule has 0 spiro atoms. The highest BCUT2D eigenvalue weighted by Crippen LogP contribution is 2.14. The quantitative estimate of drug-likeness (QED) is 0.0451. The molecule has 0 aliphatic heterocycles. The molecule has 0 bridgehead atoms. The van der Waals surface area contributed by atoms with Gasteiger partial charge in [0.05, 0.1) is 18.8 Å². The van der Waals surface area contributed by atoms with E-state index in [1.165, 1.54) is 128 Å². The summed E-state index contributed by atoms with van der Waals surface area (Å²) in [5, 5.41) is 22.9. The van der Waals surface area contributed by atoms with Crippen LogP contribution >= 0.6 is 0 Å². The Morgan fingerprint density at radius 3 is 1.41 bits per heavy atom. The van der Waals surface area contributed by atoms with E-state index in [9.17, 15) is 15.0 Å². The maximum Gasteiger partial charge on any atom is 0.220 e. The Balaban J connectivity index is 3.63. The van der Waals surface area contributed by atoms with Crippen molar-refractivity contribution >= 4 is 5.91 Å². The van der Waals surface area contributed by atoms with Gasteiger partial charge in [0.25, 0.3) is 0 Å². The second-order valence-electron chi connectivity index (χ2n) is 14.0. The first kappa shape index (κ1) is 47.1. The molecule has 0 saturated carbocycles. The summed E-state index contributed by atoms with van der Waals surface area (Å²) >= 11 is 0. The fourth-order valence-electron chi connectivity index (χ4n) is 6.01. The molecule has 0 radical (unpaired) electrons. The van der Waals surface area contributed by atoms with Crippen molar-refractivity contribution in [3.63, 3.8) is 0 Å². The SMILES string of the molecule is CC/C=C\C/C=C\CCCCCCCCCCCCCCCCC(=O)NC(CO)C(O)/C=C/CC/C=C/CC/C=C/CCCCCCCC. The molecule has 0 aromatic heterocycles. The third-order valence-electron chi connectivity index (χ3n) is 9.21. The summed E-state index contributed by atoms with van der Waals surface area (Å²) in [7, 11) is 0. The molecule has 0 saturated heterocycles. The van der Waals surface area contributed by atoms with E-state index in [0.29, 0.717) is 6.42 Å². The molecule has 0 heterocycles. The molecule has 0 rings (SSSR count). The average molecular weight is 684 g/mol. The number of aliphatic hydroxyl groups excluding tert-OH is 2. The predicted molar refractivity (Wildman–Crippen MR) is 216 cm³/mol. The van der Waals surface area contributed by atoms with E-state index in [0.717, 1.165) is 51.4 Å². The average Bonchev–Trinajstić information content (AvgIpc) is 3.10. The first-order valence-corrected chi connectivity index (χ1v) is 21.0. The fourth-order valence-corrected chi connectivity index (χ4v) is 6.01. The molecule has 49 heavy (non-hydrogen) atoms. The Morgan fingerprint density at radius 2 is 0.918 bits per heavy atom. The van der Waals surface area contributed by atoms with Crippen molar-refractivity contribution in [2.75, 3.05) is 6.61 Å². The van der Waals surface area contributed by atoms with Gasteiger partial charge in [-0.15, -0.1) is 0 Å². The maximum atomic E-state index is 12.4. The van der Waals surface area contributed by atoms with Crippen LogP contribution in [0.4, 0.5) is 0 Å². The molecule has 0 aromatic rings. The van der Waals surface area contributed by atoms with Crippen molar-refractivity contribution in [2.45, 2.75) is 212 Å². The summed E-state index contributed by atoms with van der Waals surface area (Å²) in [6.07, 6.45) is 56.1. The lowest BCUT2D eigenvalue weighted by Gasteiger charge is -2.19. The molecule has 2 unspecified atom stereocenters. The summed E-state index contributed by atoms with van der Waals surface area (Å²) in [5.41, 5.74) is 0. The van der Waals surface area contributed by atoms with Gasteiger partial charge in [-0.25, -0.2) is 0 Å². The number of carbonyl (C=O) groups is 1. The minimum atomic E-state index is -0.870. The van der Waals surface area contributed by atoms with Gasteiger partial charge in [-0.3, -0.25) is 4.79 Å². The number of carbonyl (C=O) groups excluding carboxylic acids is 1. The summed E-state index contributed by atoms with van der Waals surface area (Å²) in [4.78, 5) is 12.4. The Morgan fingerprint density at radius 1 is 0.510 bits per heavy atom. The zero-order chi connectivity index (χ0) is 35.7. The van der Waals surface area contributed by atoms with E-state index in [1.807, 2.05) is 6.08 Å². The molecular weight excluding hydrogens is 602 g/mol. The van der Waals surface area contributed by atoms with Gasteiger partial charge in [-0.05, 0) is 70.6 Å². The lowest BCUT2D eigenvalue weighted by Crippen LogP contribution is -2.45. The van der Waals surface area contributed by atoms with E-state index in [-0.39, 0.29) is 12.5 Å². The van der Waals surface area contributed by atoms with Crippen molar-refractivity contribution in [3.8, 4) is 0 Å². The van der Waals surface area contributed by atoms with E-state index in [2.05, 4.69) is 67.8 Å². The van der Waals surface area contributed by atoms with Crippen LogP contribution in [0.5, 0.6) is 0 Å². The van der Waals surface area contributed by atoms with Crippen molar-refractivity contribution in [3.05, 3.63) is 60.8 Å². The van der Waals surface area contributed by atoms with Gasteiger partial charge in [-0.2, -0.15) is 0 Å². The van der Waals surface area contributed by atoms with Gasteiger partial charge in [-0.1, -0.05) is 184 Å². The van der Waals surface area contributed by atoms with Crippen LogP contribution in [-0.4, -0.2) is 34.9 Å². The topological polar surface area (TPSA) is 69.6 Å². The maximum absolute atomic E-state index is 12.4. The molecule has 0 fully saturated rings. The van der Waals surface area contributed by atoms with Crippen LogP contribution < -0.4 is 5.32 Å². The van der Waals surface area contributed by atoms with Crippen LogP contribution in [0.15, 0.2) is 60.8 Å². The van der Waals surface area contributed by atoms with E-state index in [1.54, 1.807) is 6.08 Å². The van der Waals surface area contributed by atoms with E-state index >= 15 is 0 Å². The van der Waals surface area contributed by atoms with E-state index < -0.39 is 12.1 Å². The summed E-state index contributed by atoms with van der Waals surface area (Å²) in [6.45, 7) is 4.18. The van der Waals surface area contributed by atoms with Gasteiger partial charge in [0.15, 0.2) is 0 Å². The van der Waals surface area contributed by atoms with Gasteiger partial charge < -0.3 is 15.5 Å². The number of hydrogen-bond acceptors (Lipinski definition) is 3. The Labute approximate surface area is 305 Å². The normalized spacial score (nSPS) is 13.6. The standard InChI is InChI=1S/C45H81NO3/c1-3-5-7-9-11-13-15-17-19-21-22-23-24-25-27-29-31-33-35-37-39-41-45(49)46-43(42-47)44(48)40-38-36-34-32-30-28-26-20-18-16-14-12-10-8-6-4-2/h5,7,11,13,18,20,30,32,38,40,43-44,47-48H,3-4,6,8-10,12,14-17,19,21-29,31,33-37,39,41-42H2,1-2H3,(H,46,49)/b7-5-,13-11-,20-18+,32-30+,40-38+. The third kappa shape index (κ3) is 37.2. The van der Waals surface area contributed by atoms with Gasteiger partial charge in [0, 0.05) is 6.42 Å². The van der Waals surface area contributed by atoms with Crippen LogP contribution in [0, 0.1) is 0 Å². The first-order chi connectivity index (χ1) is 24.2. The molecule has 0 aliphatic rings. The second-order valence-corrected chi connectivity index (χ2v) is 14.0. The molecule has 3 N–H and O–H groups in total. The number of aliphatic hydroxyl groups is 2. The number of amides is 1. The number of rotatable bonds is 37. The lowest BCUT2D eigenvalue weighted by molar-refractivity contribution is -0.123. The molecule has 2 atom stereocenters. The Kier molecular flexibility index (Phi) is 38.9. The van der Waals surface area contributed by atoms with Gasteiger partial charge in [0.1, 0.15) is 0 Å². The molecule has 4 heteroatoms. The Hall–Kier alpha value is -1.91. The zero-order valence-electron chi connectivity index (χ0n) is 32.4. The molecular formula is C45H81NO3. The van der Waals surface area contributed by atoms with Crippen LogP contribution in [0.1, 0.15) is 200 Å². The molecule has 0 aromatic carbocycles. The number of hydrogen-bond donors (Lipinski definition) is 3. The number of unbranched alkanes of at least 4 members (excludes halogenated alkanes) is 22. The van der Waals surface area contributed by atoms with Crippen LogP contribution in [-0.2, 0) is 4.79 Å².